The van der Waals surface area contributed by atoms with Crippen LogP contribution in [0.4, 0.5) is 5.69 Å². The van der Waals surface area contributed by atoms with Crippen molar-refractivity contribution in [2.24, 2.45) is 0 Å². The number of carbonyl (C=O) groups is 1. The van der Waals surface area contributed by atoms with E-state index in [1.807, 2.05) is 20.8 Å². The highest BCUT2D eigenvalue weighted by Gasteiger charge is 2.12. The Kier molecular flexibility index (Phi) is 6.64. The average molecular weight is 348 g/mol. The summed E-state index contributed by atoms with van der Waals surface area (Å²) >= 11 is 5.85. The third-order valence-electron chi connectivity index (χ3n) is 3.30. The molecule has 0 aliphatic heterocycles. The van der Waals surface area contributed by atoms with Crippen molar-refractivity contribution in [1.82, 2.24) is 0 Å². The van der Waals surface area contributed by atoms with E-state index in [0.717, 1.165) is 11.3 Å². The van der Waals surface area contributed by atoms with Crippen LogP contribution >= 0.6 is 11.6 Å². The summed E-state index contributed by atoms with van der Waals surface area (Å²) < 4.78 is 11.3. The molecule has 2 aromatic rings. The van der Waals surface area contributed by atoms with Crippen LogP contribution in [0.25, 0.3) is 0 Å². The average Bonchev–Trinajstić information content (AvgIpc) is 2.56. The summed E-state index contributed by atoms with van der Waals surface area (Å²) in [5, 5.41) is 3.48. The van der Waals surface area contributed by atoms with Crippen LogP contribution < -0.4 is 10.1 Å². The van der Waals surface area contributed by atoms with E-state index in [0.29, 0.717) is 29.5 Å². The molecule has 0 aliphatic carbocycles. The Morgan fingerprint density at radius 1 is 1.17 bits per heavy atom. The lowest BCUT2D eigenvalue weighted by molar-refractivity contribution is 0.0641. The van der Waals surface area contributed by atoms with E-state index in [9.17, 15) is 4.79 Å². The zero-order chi connectivity index (χ0) is 17.5. The fourth-order valence-electron chi connectivity index (χ4n) is 2.12. The van der Waals surface area contributed by atoms with Crippen molar-refractivity contribution in [3.8, 4) is 5.75 Å². The van der Waals surface area contributed by atoms with E-state index in [2.05, 4.69) is 5.32 Å². The lowest BCUT2D eigenvalue weighted by Gasteiger charge is -2.14. The van der Waals surface area contributed by atoms with Gasteiger partial charge in [0.15, 0.2) is 0 Å². The number of nitrogens with one attached hydrogen (secondary N) is 1. The van der Waals surface area contributed by atoms with Crippen molar-refractivity contribution in [3.05, 3.63) is 58.6 Å². The first kappa shape index (κ1) is 18.3. The molecular formula is C19H22ClNO3. The maximum atomic E-state index is 12.4. The number of ether oxygens (including phenoxy) is 2. The molecule has 1 amide bonds. The summed E-state index contributed by atoms with van der Waals surface area (Å²) in [7, 11) is 0. The van der Waals surface area contributed by atoms with Gasteiger partial charge in [0, 0.05) is 21.8 Å². The second-order valence-corrected chi connectivity index (χ2v) is 6.01. The summed E-state index contributed by atoms with van der Waals surface area (Å²) in [5.74, 6) is 0.548. The maximum Gasteiger partial charge on any atom is 0.255 e. The molecule has 128 valence electrons. The molecule has 0 saturated heterocycles. The van der Waals surface area contributed by atoms with Crippen LogP contribution in [0.1, 0.15) is 36.7 Å². The lowest BCUT2D eigenvalue weighted by Crippen LogP contribution is -2.13. The Bertz CT molecular complexity index is 684. The van der Waals surface area contributed by atoms with Crippen molar-refractivity contribution >= 4 is 23.2 Å². The molecule has 2 aromatic carbocycles. The van der Waals surface area contributed by atoms with Gasteiger partial charge in [0.05, 0.1) is 19.3 Å². The molecule has 0 atom stereocenters. The van der Waals surface area contributed by atoms with Gasteiger partial charge in [-0.2, -0.15) is 0 Å². The van der Waals surface area contributed by atoms with E-state index in [4.69, 9.17) is 21.1 Å². The second kappa shape index (κ2) is 8.71. The van der Waals surface area contributed by atoms with Gasteiger partial charge in [-0.25, -0.2) is 0 Å². The third-order valence-corrected chi connectivity index (χ3v) is 3.55. The highest BCUT2D eigenvalue weighted by molar-refractivity contribution is 6.30. The number of benzene rings is 2. The number of rotatable bonds is 7. The fourth-order valence-corrected chi connectivity index (χ4v) is 2.25. The van der Waals surface area contributed by atoms with Crippen LogP contribution in [-0.2, 0) is 11.3 Å². The Morgan fingerprint density at radius 3 is 2.50 bits per heavy atom. The van der Waals surface area contributed by atoms with Gasteiger partial charge in [-0.3, -0.25) is 4.79 Å². The Hall–Kier alpha value is -2.04. The highest BCUT2D eigenvalue weighted by Crippen LogP contribution is 2.23. The maximum absolute atomic E-state index is 12.4. The van der Waals surface area contributed by atoms with Gasteiger partial charge in [-0.15, -0.1) is 0 Å². The lowest BCUT2D eigenvalue weighted by atomic mass is 10.1. The molecule has 24 heavy (non-hydrogen) atoms. The number of hydrogen-bond acceptors (Lipinski definition) is 3. The van der Waals surface area contributed by atoms with Gasteiger partial charge >= 0.3 is 0 Å². The molecule has 2 rings (SSSR count). The molecule has 0 fully saturated rings. The third kappa shape index (κ3) is 5.25. The van der Waals surface area contributed by atoms with Gasteiger partial charge in [-0.05, 0) is 63.2 Å². The largest absolute Gasteiger partial charge is 0.494 e. The van der Waals surface area contributed by atoms with Gasteiger partial charge in [0.25, 0.3) is 5.91 Å². The number of anilines is 1. The topological polar surface area (TPSA) is 47.6 Å². The van der Waals surface area contributed by atoms with Crippen LogP contribution in [0.15, 0.2) is 42.5 Å². The second-order valence-electron chi connectivity index (χ2n) is 5.58. The molecule has 1 N–H and O–H groups in total. The molecule has 0 aliphatic rings. The predicted octanol–water partition coefficient (Wildman–Crippen LogP) is 4.92. The number of halogens is 1. The molecule has 0 bridgehead atoms. The van der Waals surface area contributed by atoms with Crippen molar-refractivity contribution in [2.75, 3.05) is 11.9 Å². The SMILES string of the molecule is CCOc1ccc(C(=O)Nc2ccc(Cl)cc2)cc1COC(C)C. The molecular weight excluding hydrogens is 326 g/mol. The van der Waals surface area contributed by atoms with Gasteiger partial charge < -0.3 is 14.8 Å². The molecule has 0 unspecified atom stereocenters. The fraction of sp³-hybridized carbons (Fsp3) is 0.316. The van der Waals surface area contributed by atoms with Crippen LogP contribution in [-0.4, -0.2) is 18.6 Å². The Balaban J connectivity index is 2.17. The molecule has 5 heteroatoms. The van der Waals surface area contributed by atoms with E-state index in [-0.39, 0.29) is 12.0 Å². The Morgan fingerprint density at radius 2 is 1.88 bits per heavy atom. The predicted molar refractivity (Wildman–Crippen MR) is 96.9 cm³/mol. The molecule has 4 nitrogen and oxygen atoms in total. The quantitative estimate of drug-likeness (QED) is 0.773. The monoisotopic (exact) mass is 347 g/mol. The number of amides is 1. The highest BCUT2D eigenvalue weighted by atomic mass is 35.5. The zero-order valence-electron chi connectivity index (χ0n) is 14.1. The van der Waals surface area contributed by atoms with Crippen molar-refractivity contribution in [2.45, 2.75) is 33.5 Å². The molecule has 0 heterocycles. The standard InChI is InChI=1S/C19H22ClNO3/c1-4-23-18-10-5-14(11-15(18)12-24-13(2)3)19(22)21-17-8-6-16(20)7-9-17/h5-11,13H,4,12H2,1-3H3,(H,21,22). The molecule has 0 radical (unpaired) electrons. The van der Waals surface area contributed by atoms with Crippen molar-refractivity contribution < 1.29 is 14.3 Å². The van der Waals surface area contributed by atoms with Gasteiger partial charge in [0.1, 0.15) is 5.75 Å². The van der Waals surface area contributed by atoms with E-state index in [1.165, 1.54) is 0 Å². The van der Waals surface area contributed by atoms with E-state index >= 15 is 0 Å². The minimum Gasteiger partial charge on any atom is -0.494 e. The van der Waals surface area contributed by atoms with Crippen molar-refractivity contribution in [3.63, 3.8) is 0 Å². The molecule has 0 aromatic heterocycles. The van der Waals surface area contributed by atoms with Gasteiger partial charge in [-0.1, -0.05) is 11.6 Å². The van der Waals surface area contributed by atoms with E-state index < -0.39 is 0 Å². The van der Waals surface area contributed by atoms with E-state index in [1.54, 1.807) is 42.5 Å². The van der Waals surface area contributed by atoms with Crippen LogP contribution in [0, 0.1) is 0 Å². The van der Waals surface area contributed by atoms with Crippen LogP contribution in [0.2, 0.25) is 5.02 Å². The normalized spacial score (nSPS) is 10.7. The summed E-state index contributed by atoms with van der Waals surface area (Å²) in [6.07, 6.45) is 0.103. The summed E-state index contributed by atoms with van der Waals surface area (Å²) in [6.45, 7) is 6.82. The van der Waals surface area contributed by atoms with Crippen LogP contribution in [0.5, 0.6) is 5.75 Å². The van der Waals surface area contributed by atoms with Gasteiger partial charge in [0.2, 0.25) is 0 Å². The van der Waals surface area contributed by atoms with Crippen molar-refractivity contribution in [1.29, 1.82) is 0 Å². The molecule has 0 spiro atoms. The summed E-state index contributed by atoms with van der Waals surface area (Å²) in [5.41, 5.74) is 2.10. The smallest absolute Gasteiger partial charge is 0.255 e. The minimum atomic E-state index is -0.189. The summed E-state index contributed by atoms with van der Waals surface area (Å²) in [4.78, 5) is 12.4. The zero-order valence-corrected chi connectivity index (χ0v) is 14.9. The Labute approximate surface area is 147 Å². The first-order chi connectivity index (χ1) is 11.5. The first-order valence-corrected chi connectivity index (χ1v) is 8.31. The van der Waals surface area contributed by atoms with Crippen LogP contribution in [0.3, 0.4) is 0 Å². The summed E-state index contributed by atoms with van der Waals surface area (Å²) in [6, 6.07) is 12.3. The minimum absolute atomic E-state index is 0.103. The first-order valence-electron chi connectivity index (χ1n) is 7.94. The molecule has 0 saturated carbocycles. The number of hydrogen-bond donors (Lipinski definition) is 1. The number of carbonyl (C=O) groups excluding carboxylic acids is 1.